The van der Waals surface area contributed by atoms with Gasteiger partial charge in [0.2, 0.25) is 0 Å². The second kappa shape index (κ2) is 4.82. The normalized spacial score (nSPS) is 10.8. The first-order chi connectivity index (χ1) is 6.19. The minimum Gasteiger partial charge on any atom is -0.352 e. The third-order valence-corrected chi connectivity index (χ3v) is 2.22. The molecule has 2 nitrogen and oxygen atoms in total. The molecule has 0 saturated carbocycles. The van der Waals surface area contributed by atoms with E-state index in [2.05, 4.69) is 0 Å². The average molecular weight is 221 g/mol. The van der Waals surface area contributed by atoms with Gasteiger partial charge < -0.3 is 9.47 Å². The van der Waals surface area contributed by atoms with Gasteiger partial charge in [-0.25, -0.2) is 0 Å². The van der Waals surface area contributed by atoms with E-state index in [9.17, 15) is 0 Å². The third kappa shape index (κ3) is 2.58. The van der Waals surface area contributed by atoms with Gasteiger partial charge in [0.15, 0.2) is 6.29 Å². The van der Waals surface area contributed by atoms with Crippen molar-refractivity contribution >= 4 is 23.2 Å². The van der Waals surface area contributed by atoms with Crippen molar-refractivity contribution in [2.45, 2.75) is 6.29 Å². The number of halogens is 2. The molecular weight excluding hydrogens is 211 g/mol. The summed E-state index contributed by atoms with van der Waals surface area (Å²) in [5.41, 5.74) is 0.735. The van der Waals surface area contributed by atoms with E-state index < -0.39 is 6.29 Å². The molecule has 0 bridgehead atoms. The Morgan fingerprint density at radius 3 is 2.31 bits per heavy atom. The first kappa shape index (κ1) is 10.8. The van der Waals surface area contributed by atoms with E-state index in [1.54, 1.807) is 32.4 Å². The van der Waals surface area contributed by atoms with E-state index >= 15 is 0 Å². The van der Waals surface area contributed by atoms with Crippen LogP contribution in [0.2, 0.25) is 10.0 Å². The van der Waals surface area contributed by atoms with E-state index in [0.29, 0.717) is 10.0 Å². The zero-order chi connectivity index (χ0) is 9.84. The van der Waals surface area contributed by atoms with Crippen LogP contribution in [0.3, 0.4) is 0 Å². The maximum absolute atomic E-state index is 5.93. The van der Waals surface area contributed by atoms with Crippen molar-refractivity contribution in [3.05, 3.63) is 33.8 Å². The zero-order valence-electron chi connectivity index (χ0n) is 7.38. The lowest BCUT2D eigenvalue weighted by atomic mass is 10.2. The minimum atomic E-state index is -0.466. The molecule has 1 aromatic carbocycles. The Balaban J connectivity index is 3.03. The first-order valence-electron chi connectivity index (χ1n) is 3.69. The standard InChI is InChI=1S/C9H10Cl2O2/c1-12-9(13-2)7-5-6(10)3-4-8(7)11/h3-5,9H,1-2H3. The van der Waals surface area contributed by atoms with Crippen molar-refractivity contribution in [2.75, 3.05) is 14.2 Å². The van der Waals surface area contributed by atoms with Gasteiger partial charge in [-0.05, 0) is 18.2 Å². The van der Waals surface area contributed by atoms with E-state index in [4.69, 9.17) is 32.7 Å². The Morgan fingerprint density at radius 2 is 1.77 bits per heavy atom. The van der Waals surface area contributed by atoms with Crippen LogP contribution in [0.15, 0.2) is 18.2 Å². The van der Waals surface area contributed by atoms with Gasteiger partial charge in [-0.1, -0.05) is 23.2 Å². The monoisotopic (exact) mass is 220 g/mol. The van der Waals surface area contributed by atoms with Gasteiger partial charge in [-0.3, -0.25) is 0 Å². The predicted molar refractivity (Wildman–Crippen MR) is 53.2 cm³/mol. The summed E-state index contributed by atoms with van der Waals surface area (Å²) in [6.07, 6.45) is -0.466. The van der Waals surface area contributed by atoms with Crippen LogP contribution in [0.5, 0.6) is 0 Å². The number of hydrogen-bond acceptors (Lipinski definition) is 2. The van der Waals surface area contributed by atoms with Crippen LogP contribution >= 0.6 is 23.2 Å². The zero-order valence-corrected chi connectivity index (χ0v) is 8.89. The van der Waals surface area contributed by atoms with Crippen molar-refractivity contribution in [3.8, 4) is 0 Å². The molecule has 0 radical (unpaired) electrons. The van der Waals surface area contributed by atoms with Gasteiger partial charge in [0.1, 0.15) is 0 Å². The highest BCUT2D eigenvalue weighted by atomic mass is 35.5. The van der Waals surface area contributed by atoms with Crippen LogP contribution in [-0.4, -0.2) is 14.2 Å². The highest BCUT2D eigenvalue weighted by Crippen LogP contribution is 2.28. The molecule has 0 aromatic heterocycles. The molecule has 1 aromatic rings. The molecule has 13 heavy (non-hydrogen) atoms. The van der Waals surface area contributed by atoms with Crippen LogP contribution in [0.1, 0.15) is 11.9 Å². The molecule has 0 N–H and O–H groups in total. The summed E-state index contributed by atoms with van der Waals surface area (Å²) < 4.78 is 10.1. The lowest BCUT2D eigenvalue weighted by Gasteiger charge is -2.15. The van der Waals surface area contributed by atoms with Crippen LogP contribution in [0.25, 0.3) is 0 Å². The van der Waals surface area contributed by atoms with Crippen LogP contribution in [0, 0.1) is 0 Å². The molecule has 0 aliphatic heterocycles. The Labute approximate surface area is 87.4 Å². The second-order valence-corrected chi connectivity index (χ2v) is 3.31. The first-order valence-corrected chi connectivity index (χ1v) is 4.45. The quantitative estimate of drug-likeness (QED) is 0.729. The van der Waals surface area contributed by atoms with Crippen LogP contribution < -0.4 is 0 Å². The largest absolute Gasteiger partial charge is 0.352 e. The predicted octanol–water partition coefficient (Wildman–Crippen LogP) is 3.28. The molecule has 0 heterocycles. The van der Waals surface area contributed by atoms with Gasteiger partial charge in [0.05, 0.1) is 0 Å². The Bertz CT molecular complexity index is 285. The van der Waals surface area contributed by atoms with Crippen LogP contribution in [-0.2, 0) is 9.47 Å². The highest BCUT2D eigenvalue weighted by molar-refractivity contribution is 6.33. The van der Waals surface area contributed by atoms with Crippen LogP contribution in [0.4, 0.5) is 0 Å². The van der Waals surface area contributed by atoms with E-state index in [-0.39, 0.29) is 0 Å². The van der Waals surface area contributed by atoms with E-state index in [0.717, 1.165) is 5.56 Å². The Hall–Kier alpha value is -0.280. The maximum Gasteiger partial charge on any atom is 0.184 e. The molecule has 0 atom stereocenters. The van der Waals surface area contributed by atoms with Crippen molar-refractivity contribution in [1.82, 2.24) is 0 Å². The summed E-state index contributed by atoms with van der Waals surface area (Å²) in [5.74, 6) is 0. The minimum absolute atomic E-state index is 0.466. The van der Waals surface area contributed by atoms with Crippen molar-refractivity contribution in [2.24, 2.45) is 0 Å². The topological polar surface area (TPSA) is 18.5 Å². The fourth-order valence-electron chi connectivity index (χ4n) is 1.05. The number of methoxy groups -OCH3 is 2. The van der Waals surface area contributed by atoms with E-state index in [1.165, 1.54) is 0 Å². The number of ether oxygens (including phenoxy) is 2. The SMILES string of the molecule is COC(OC)c1cc(Cl)ccc1Cl. The number of benzene rings is 1. The number of hydrogen-bond donors (Lipinski definition) is 0. The Kier molecular flexibility index (Phi) is 4.00. The summed E-state index contributed by atoms with van der Waals surface area (Å²) in [6, 6.07) is 5.15. The molecule has 0 aliphatic carbocycles. The van der Waals surface area contributed by atoms with Gasteiger partial charge in [0.25, 0.3) is 0 Å². The van der Waals surface area contributed by atoms with Gasteiger partial charge in [0, 0.05) is 29.8 Å². The molecule has 72 valence electrons. The molecule has 0 spiro atoms. The molecule has 0 unspecified atom stereocenters. The summed E-state index contributed by atoms with van der Waals surface area (Å²) >= 11 is 11.7. The molecule has 0 fully saturated rings. The molecule has 1 rings (SSSR count). The fourth-order valence-corrected chi connectivity index (χ4v) is 1.43. The average Bonchev–Trinajstić information content (AvgIpc) is 2.13. The molecule has 0 amide bonds. The maximum atomic E-state index is 5.93. The molecule has 4 heteroatoms. The smallest absolute Gasteiger partial charge is 0.184 e. The van der Waals surface area contributed by atoms with Crippen molar-refractivity contribution < 1.29 is 9.47 Å². The van der Waals surface area contributed by atoms with Gasteiger partial charge in [-0.15, -0.1) is 0 Å². The van der Waals surface area contributed by atoms with Gasteiger partial charge >= 0.3 is 0 Å². The molecule has 0 saturated heterocycles. The Morgan fingerprint density at radius 1 is 1.15 bits per heavy atom. The summed E-state index contributed by atoms with van der Waals surface area (Å²) in [6.45, 7) is 0. The van der Waals surface area contributed by atoms with Crippen molar-refractivity contribution in [3.63, 3.8) is 0 Å². The molecule has 0 aliphatic rings. The summed E-state index contributed by atoms with van der Waals surface area (Å²) in [4.78, 5) is 0. The lowest BCUT2D eigenvalue weighted by molar-refractivity contribution is -0.105. The highest BCUT2D eigenvalue weighted by Gasteiger charge is 2.12. The second-order valence-electron chi connectivity index (χ2n) is 2.47. The van der Waals surface area contributed by atoms with Gasteiger partial charge in [-0.2, -0.15) is 0 Å². The molecular formula is C9H10Cl2O2. The third-order valence-electron chi connectivity index (χ3n) is 1.64. The van der Waals surface area contributed by atoms with Crippen molar-refractivity contribution in [1.29, 1.82) is 0 Å². The lowest BCUT2D eigenvalue weighted by Crippen LogP contribution is -2.04. The summed E-state index contributed by atoms with van der Waals surface area (Å²) in [5, 5.41) is 1.19. The fraction of sp³-hybridized carbons (Fsp3) is 0.333. The van der Waals surface area contributed by atoms with E-state index in [1.807, 2.05) is 0 Å². The summed E-state index contributed by atoms with van der Waals surface area (Å²) in [7, 11) is 3.09. The number of rotatable bonds is 3.